The monoisotopic (exact) mass is 346 g/mol. The van der Waals surface area contributed by atoms with Crippen LogP contribution in [0.5, 0.6) is 0 Å². The first-order chi connectivity index (χ1) is 10.4. The number of carboxylic acid groups (broad SMARTS) is 1. The lowest BCUT2D eigenvalue weighted by Gasteiger charge is -2.20. The number of aliphatic carboxylic acids is 1. The number of amides is 1. The van der Waals surface area contributed by atoms with E-state index in [2.05, 4.69) is 0 Å². The van der Waals surface area contributed by atoms with Gasteiger partial charge in [0.25, 0.3) is 5.91 Å². The Balaban J connectivity index is 2.32. The van der Waals surface area contributed by atoms with Gasteiger partial charge < -0.3 is 10.0 Å². The van der Waals surface area contributed by atoms with Crippen molar-refractivity contribution >= 4 is 33.2 Å². The van der Waals surface area contributed by atoms with Crippen LogP contribution in [0.3, 0.4) is 0 Å². The van der Waals surface area contributed by atoms with Crippen molar-refractivity contribution in [2.45, 2.75) is 24.7 Å². The van der Waals surface area contributed by atoms with Gasteiger partial charge in [-0.1, -0.05) is 0 Å². The second-order valence-electron chi connectivity index (χ2n) is 4.94. The standard InChI is InChI=1S/C13H18N2O5S2/c1-2-14(9-11(16)17)13(18)12-10(5-8-21-12)22(19,20)15-6-3-4-7-15/h5,8H,2-4,6-7,9H2,1H3,(H,16,17). The SMILES string of the molecule is CCN(CC(=O)O)C(=O)c1sccc1S(=O)(=O)N1CCCC1. The van der Waals surface area contributed by atoms with Crippen molar-refractivity contribution in [2.75, 3.05) is 26.2 Å². The highest BCUT2D eigenvalue weighted by molar-refractivity contribution is 7.89. The molecule has 0 bridgehead atoms. The van der Waals surface area contributed by atoms with E-state index in [1.807, 2.05) is 0 Å². The van der Waals surface area contributed by atoms with Crippen LogP contribution in [-0.2, 0) is 14.8 Å². The quantitative estimate of drug-likeness (QED) is 0.832. The van der Waals surface area contributed by atoms with Crippen LogP contribution in [0.15, 0.2) is 16.3 Å². The van der Waals surface area contributed by atoms with Crippen LogP contribution in [0, 0.1) is 0 Å². The molecule has 22 heavy (non-hydrogen) atoms. The highest BCUT2D eigenvalue weighted by Gasteiger charge is 2.33. The molecule has 0 saturated carbocycles. The van der Waals surface area contributed by atoms with E-state index in [0.717, 1.165) is 29.1 Å². The molecule has 0 unspecified atom stereocenters. The Morgan fingerprint density at radius 2 is 2.00 bits per heavy atom. The summed E-state index contributed by atoms with van der Waals surface area (Å²) in [6.45, 7) is 2.32. The minimum absolute atomic E-state index is 0.0201. The molecule has 1 saturated heterocycles. The highest BCUT2D eigenvalue weighted by Crippen LogP contribution is 2.28. The molecular weight excluding hydrogens is 328 g/mol. The molecule has 0 radical (unpaired) electrons. The Morgan fingerprint density at radius 3 is 2.55 bits per heavy atom. The summed E-state index contributed by atoms with van der Waals surface area (Å²) in [5.74, 6) is -1.69. The van der Waals surface area contributed by atoms with Gasteiger partial charge in [-0.25, -0.2) is 8.42 Å². The minimum Gasteiger partial charge on any atom is -0.480 e. The van der Waals surface area contributed by atoms with E-state index in [1.165, 1.54) is 10.4 Å². The number of sulfonamides is 1. The minimum atomic E-state index is -3.69. The van der Waals surface area contributed by atoms with Gasteiger partial charge in [-0.15, -0.1) is 11.3 Å². The number of carbonyl (C=O) groups is 2. The van der Waals surface area contributed by atoms with Gasteiger partial charge in [-0.05, 0) is 31.2 Å². The summed E-state index contributed by atoms with van der Waals surface area (Å²) in [5.41, 5.74) is 0. The van der Waals surface area contributed by atoms with Gasteiger partial charge in [0.2, 0.25) is 10.0 Å². The highest BCUT2D eigenvalue weighted by atomic mass is 32.2. The lowest BCUT2D eigenvalue weighted by molar-refractivity contribution is -0.137. The van der Waals surface area contributed by atoms with Gasteiger partial charge in [-0.2, -0.15) is 4.31 Å². The zero-order chi connectivity index (χ0) is 16.3. The fourth-order valence-corrected chi connectivity index (χ4v) is 5.24. The maximum atomic E-state index is 12.6. The Labute approximate surface area is 133 Å². The molecule has 1 aliphatic heterocycles. The van der Waals surface area contributed by atoms with Crippen LogP contribution in [0.1, 0.15) is 29.4 Å². The van der Waals surface area contributed by atoms with Crippen molar-refractivity contribution in [3.63, 3.8) is 0 Å². The summed E-state index contributed by atoms with van der Waals surface area (Å²) in [6, 6.07) is 1.42. The molecule has 2 rings (SSSR count). The van der Waals surface area contributed by atoms with Gasteiger partial charge in [0.15, 0.2) is 0 Å². The largest absolute Gasteiger partial charge is 0.480 e. The number of nitrogens with zero attached hydrogens (tertiary/aromatic N) is 2. The number of hydrogen-bond donors (Lipinski definition) is 1. The predicted octanol–water partition coefficient (Wildman–Crippen LogP) is 1.08. The Bertz CT molecular complexity index is 662. The second kappa shape index (κ2) is 6.76. The predicted molar refractivity (Wildman–Crippen MR) is 81.5 cm³/mol. The normalized spacial score (nSPS) is 15.9. The molecule has 1 fully saturated rings. The molecule has 9 heteroatoms. The van der Waals surface area contributed by atoms with Crippen LogP contribution >= 0.6 is 11.3 Å². The molecule has 1 aromatic heterocycles. The maximum Gasteiger partial charge on any atom is 0.323 e. The molecule has 1 N–H and O–H groups in total. The lowest BCUT2D eigenvalue weighted by Crippen LogP contribution is -2.36. The van der Waals surface area contributed by atoms with Gasteiger partial charge in [0.05, 0.1) is 0 Å². The molecule has 0 aliphatic carbocycles. The Hall–Kier alpha value is -1.45. The van der Waals surface area contributed by atoms with Crippen LogP contribution < -0.4 is 0 Å². The van der Waals surface area contributed by atoms with Crippen LogP contribution in [0.25, 0.3) is 0 Å². The lowest BCUT2D eigenvalue weighted by atomic mass is 10.3. The molecular formula is C13H18N2O5S2. The molecule has 0 spiro atoms. The summed E-state index contributed by atoms with van der Waals surface area (Å²) in [4.78, 5) is 24.4. The molecule has 0 aromatic carbocycles. The van der Waals surface area contributed by atoms with Gasteiger partial charge in [0, 0.05) is 19.6 Å². The second-order valence-corrected chi connectivity index (χ2v) is 7.76. The van der Waals surface area contributed by atoms with E-state index in [-0.39, 0.29) is 16.3 Å². The topological polar surface area (TPSA) is 95.0 Å². The summed E-state index contributed by atoms with van der Waals surface area (Å²) in [5, 5.41) is 10.4. The number of hydrogen-bond acceptors (Lipinski definition) is 5. The summed E-state index contributed by atoms with van der Waals surface area (Å²) >= 11 is 1.02. The van der Waals surface area contributed by atoms with E-state index >= 15 is 0 Å². The Morgan fingerprint density at radius 1 is 1.36 bits per heavy atom. The molecule has 1 aliphatic rings. The zero-order valence-electron chi connectivity index (χ0n) is 12.2. The summed E-state index contributed by atoms with van der Waals surface area (Å²) in [7, 11) is -3.69. The maximum absolute atomic E-state index is 12.6. The zero-order valence-corrected chi connectivity index (χ0v) is 13.8. The van der Waals surface area contributed by atoms with Crippen LogP contribution in [-0.4, -0.2) is 60.8 Å². The smallest absolute Gasteiger partial charge is 0.323 e. The van der Waals surface area contributed by atoms with Gasteiger partial charge >= 0.3 is 5.97 Å². The number of likely N-dealkylation sites (N-methyl/N-ethyl adjacent to an activating group) is 1. The van der Waals surface area contributed by atoms with Gasteiger partial charge in [-0.3, -0.25) is 9.59 Å². The molecule has 2 heterocycles. The fourth-order valence-electron chi connectivity index (χ4n) is 2.36. The fraction of sp³-hybridized carbons (Fsp3) is 0.538. The van der Waals surface area contributed by atoms with E-state index in [4.69, 9.17) is 5.11 Å². The first-order valence-corrected chi connectivity index (χ1v) is 9.28. The average molecular weight is 346 g/mol. The van der Waals surface area contributed by atoms with E-state index in [0.29, 0.717) is 13.1 Å². The summed E-state index contributed by atoms with van der Waals surface area (Å²) < 4.78 is 26.6. The third-order valence-corrected chi connectivity index (χ3v) is 6.47. The first kappa shape index (κ1) is 16.9. The van der Waals surface area contributed by atoms with E-state index in [9.17, 15) is 18.0 Å². The first-order valence-electron chi connectivity index (χ1n) is 6.96. The molecule has 1 amide bonds. The molecule has 122 valence electrons. The average Bonchev–Trinajstić information content (AvgIpc) is 3.13. The van der Waals surface area contributed by atoms with Crippen molar-refractivity contribution in [3.8, 4) is 0 Å². The summed E-state index contributed by atoms with van der Waals surface area (Å²) in [6.07, 6.45) is 1.62. The van der Waals surface area contributed by atoms with E-state index in [1.54, 1.807) is 12.3 Å². The number of carbonyl (C=O) groups excluding carboxylic acids is 1. The molecule has 1 aromatic rings. The molecule has 7 nitrogen and oxygen atoms in total. The van der Waals surface area contributed by atoms with Crippen molar-refractivity contribution in [3.05, 3.63) is 16.3 Å². The van der Waals surface area contributed by atoms with Crippen LogP contribution in [0.2, 0.25) is 0 Å². The number of rotatable bonds is 6. The van der Waals surface area contributed by atoms with Gasteiger partial charge in [0.1, 0.15) is 16.3 Å². The van der Waals surface area contributed by atoms with E-state index < -0.39 is 28.4 Å². The third kappa shape index (κ3) is 3.31. The van der Waals surface area contributed by atoms with Crippen molar-refractivity contribution in [1.29, 1.82) is 0 Å². The number of thiophene rings is 1. The van der Waals surface area contributed by atoms with Crippen LogP contribution in [0.4, 0.5) is 0 Å². The Kier molecular flexibility index (Phi) is 5.20. The van der Waals surface area contributed by atoms with Crippen molar-refractivity contribution in [1.82, 2.24) is 9.21 Å². The van der Waals surface area contributed by atoms with Crippen molar-refractivity contribution in [2.24, 2.45) is 0 Å². The third-order valence-electron chi connectivity index (χ3n) is 3.50. The number of carboxylic acids is 1. The van der Waals surface area contributed by atoms with Crippen molar-refractivity contribution < 1.29 is 23.1 Å². The molecule has 0 atom stereocenters.